The van der Waals surface area contributed by atoms with Crippen LogP contribution in [-0.2, 0) is 10.0 Å². The van der Waals surface area contributed by atoms with Crippen molar-refractivity contribution in [2.45, 2.75) is 24.2 Å². The second-order valence-electron chi connectivity index (χ2n) is 7.16. The maximum Gasteiger partial charge on any atom is 0.261 e. The first kappa shape index (κ1) is 19.7. The number of carbonyl (C=O) groups is 1. The Bertz CT molecular complexity index is 1170. The first-order valence-corrected chi connectivity index (χ1v) is 11.4. The quantitative estimate of drug-likeness (QED) is 0.641. The summed E-state index contributed by atoms with van der Waals surface area (Å²) in [6.07, 6.45) is 3.01. The van der Waals surface area contributed by atoms with Crippen LogP contribution in [0.5, 0.6) is 0 Å². The van der Waals surface area contributed by atoms with Crippen LogP contribution in [-0.4, -0.2) is 32.3 Å². The number of benzene rings is 3. The van der Waals surface area contributed by atoms with Crippen LogP contribution >= 0.6 is 11.6 Å². The highest BCUT2D eigenvalue weighted by Gasteiger charge is 2.24. The summed E-state index contributed by atoms with van der Waals surface area (Å²) in [5.74, 6) is -0.183. The van der Waals surface area contributed by atoms with Gasteiger partial charge in [-0.3, -0.25) is 9.52 Å². The van der Waals surface area contributed by atoms with Gasteiger partial charge in [0.05, 0.1) is 16.1 Å². The lowest BCUT2D eigenvalue weighted by Crippen LogP contribution is -2.36. The lowest BCUT2D eigenvalue weighted by molar-refractivity contribution is 0.0725. The van der Waals surface area contributed by atoms with E-state index in [1.807, 2.05) is 24.3 Å². The smallest absolute Gasteiger partial charge is 0.261 e. The number of anilines is 1. The SMILES string of the molecule is O=C(c1ccc(Cl)cc1NS(=O)(=O)c1ccc2ccccc2c1)N1CCCCC1. The van der Waals surface area contributed by atoms with Gasteiger partial charge in [-0.2, -0.15) is 0 Å². The molecule has 1 heterocycles. The highest BCUT2D eigenvalue weighted by molar-refractivity contribution is 7.92. The van der Waals surface area contributed by atoms with E-state index >= 15 is 0 Å². The third kappa shape index (κ3) is 4.23. The summed E-state index contributed by atoms with van der Waals surface area (Å²) in [5, 5.41) is 2.14. The van der Waals surface area contributed by atoms with Gasteiger partial charge in [0.2, 0.25) is 0 Å². The van der Waals surface area contributed by atoms with E-state index in [1.54, 1.807) is 35.2 Å². The van der Waals surface area contributed by atoms with E-state index in [-0.39, 0.29) is 16.5 Å². The normalized spacial score (nSPS) is 14.7. The van der Waals surface area contributed by atoms with Crippen molar-refractivity contribution in [3.63, 3.8) is 0 Å². The molecule has 1 aliphatic heterocycles. The molecule has 5 nitrogen and oxygen atoms in total. The van der Waals surface area contributed by atoms with Crippen molar-refractivity contribution in [1.29, 1.82) is 0 Å². The average Bonchev–Trinajstić information content (AvgIpc) is 2.73. The van der Waals surface area contributed by atoms with E-state index in [1.165, 1.54) is 6.07 Å². The largest absolute Gasteiger partial charge is 0.339 e. The molecule has 0 atom stereocenters. The molecule has 1 fully saturated rings. The first-order chi connectivity index (χ1) is 13.9. The molecule has 0 aromatic heterocycles. The van der Waals surface area contributed by atoms with Crippen LogP contribution < -0.4 is 4.72 Å². The molecule has 29 heavy (non-hydrogen) atoms. The minimum Gasteiger partial charge on any atom is -0.339 e. The average molecular weight is 429 g/mol. The van der Waals surface area contributed by atoms with Crippen LogP contribution in [0, 0.1) is 0 Å². The summed E-state index contributed by atoms with van der Waals surface area (Å²) in [6.45, 7) is 1.36. The topological polar surface area (TPSA) is 66.5 Å². The Morgan fingerprint density at radius 2 is 1.62 bits per heavy atom. The van der Waals surface area contributed by atoms with Gasteiger partial charge in [-0.05, 0) is 60.4 Å². The zero-order chi connectivity index (χ0) is 20.4. The molecule has 3 aromatic carbocycles. The van der Waals surface area contributed by atoms with Crippen molar-refractivity contribution in [2.24, 2.45) is 0 Å². The van der Waals surface area contributed by atoms with Crippen LogP contribution in [0.4, 0.5) is 5.69 Å². The number of nitrogens with one attached hydrogen (secondary N) is 1. The molecule has 150 valence electrons. The molecule has 0 bridgehead atoms. The number of carbonyl (C=O) groups excluding carboxylic acids is 1. The fraction of sp³-hybridized carbons (Fsp3) is 0.227. The molecule has 4 rings (SSSR count). The van der Waals surface area contributed by atoms with Crippen LogP contribution in [0.3, 0.4) is 0 Å². The molecule has 0 aliphatic carbocycles. The molecule has 0 saturated carbocycles. The van der Waals surface area contributed by atoms with Crippen molar-refractivity contribution in [3.05, 3.63) is 71.2 Å². The molecule has 3 aromatic rings. The molecule has 0 radical (unpaired) electrons. The molecular formula is C22H21ClN2O3S. The van der Waals surface area contributed by atoms with Gasteiger partial charge in [-0.1, -0.05) is 41.9 Å². The van der Waals surface area contributed by atoms with Gasteiger partial charge in [-0.25, -0.2) is 8.42 Å². The molecular weight excluding hydrogens is 408 g/mol. The molecule has 1 N–H and O–H groups in total. The number of hydrogen-bond acceptors (Lipinski definition) is 3. The number of amides is 1. The summed E-state index contributed by atoms with van der Waals surface area (Å²) in [7, 11) is -3.89. The number of sulfonamides is 1. The zero-order valence-electron chi connectivity index (χ0n) is 15.8. The van der Waals surface area contributed by atoms with Crippen molar-refractivity contribution < 1.29 is 13.2 Å². The van der Waals surface area contributed by atoms with Gasteiger partial charge < -0.3 is 4.90 Å². The molecule has 7 heteroatoms. The van der Waals surface area contributed by atoms with Gasteiger partial charge in [-0.15, -0.1) is 0 Å². The van der Waals surface area contributed by atoms with Crippen LogP contribution in [0.15, 0.2) is 65.6 Å². The number of nitrogens with zero attached hydrogens (tertiary/aromatic N) is 1. The highest BCUT2D eigenvalue weighted by atomic mass is 35.5. The van der Waals surface area contributed by atoms with E-state index in [0.29, 0.717) is 23.7 Å². The molecule has 0 unspecified atom stereocenters. The number of piperidine rings is 1. The van der Waals surface area contributed by atoms with Crippen LogP contribution in [0.25, 0.3) is 10.8 Å². The van der Waals surface area contributed by atoms with Crippen molar-refractivity contribution in [2.75, 3.05) is 17.8 Å². The van der Waals surface area contributed by atoms with Gasteiger partial charge in [0, 0.05) is 18.1 Å². The van der Waals surface area contributed by atoms with Gasteiger partial charge in [0.25, 0.3) is 15.9 Å². The number of fused-ring (bicyclic) bond motifs is 1. The van der Waals surface area contributed by atoms with Gasteiger partial charge in [0.15, 0.2) is 0 Å². The number of rotatable bonds is 4. The first-order valence-electron chi connectivity index (χ1n) is 9.54. The standard InChI is InChI=1S/C22H21ClN2O3S/c23-18-9-11-20(22(26)25-12-4-1-5-13-25)21(15-18)24-29(27,28)19-10-8-16-6-2-3-7-17(16)14-19/h2-3,6-11,14-15,24H,1,4-5,12-13H2. The fourth-order valence-corrected chi connectivity index (χ4v) is 4.87. The maximum absolute atomic E-state index is 13.0. The second kappa shape index (κ2) is 8.05. The van der Waals surface area contributed by atoms with Gasteiger partial charge >= 0.3 is 0 Å². The second-order valence-corrected chi connectivity index (χ2v) is 9.28. The van der Waals surface area contributed by atoms with Gasteiger partial charge in [0.1, 0.15) is 0 Å². The highest BCUT2D eigenvalue weighted by Crippen LogP contribution is 2.27. The third-order valence-corrected chi connectivity index (χ3v) is 6.73. The summed E-state index contributed by atoms with van der Waals surface area (Å²) < 4.78 is 28.6. The van der Waals surface area contributed by atoms with Crippen molar-refractivity contribution in [3.8, 4) is 0 Å². The van der Waals surface area contributed by atoms with E-state index in [4.69, 9.17) is 11.6 Å². The lowest BCUT2D eigenvalue weighted by Gasteiger charge is -2.27. The van der Waals surface area contributed by atoms with Crippen LogP contribution in [0.2, 0.25) is 5.02 Å². The van der Waals surface area contributed by atoms with Crippen molar-refractivity contribution in [1.82, 2.24) is 4.90 Å². The Labute approximate surface area is 175 Å². The molecule has 1 saturated heterocycles. The van der Waals surface area contributed by atoms with Crippen LogP contribution in [0.1, 0.15) is 29.6 Å². The van der Waals surface area contributed by atoms with E-state index < -0.39 is 10.0 Å². The summed E-state index contributed by atoms with van der Waals surface area (Å²) in [5.41, 5.74) is 0.502. The number of halogens is 1. The molecule has 1 amide bonds. The molecule has 0 spiro atoms. The Hall–Kier alpha value is -2.57. The minimum absolute atomic E-state index is 0.132. The Morgan fingerprint density at radius 3 is 2.38 bits per heavy atom. The predicted molar refractivity (Wildman–Crippen MR) is 116 cm³/mol. The van der Waals surface area contributed by atoms with E-state index in [9.17, 15) is 13.2 Å². The third-order valence-electron chi connectivity index (χ3n) is 5.13. The number of hydrogen-bond donors (Lipinski definition) is 1. The summed E-state index contributed by atoms with van der Waals surface area (Å²) in [4.78, 5) is 14.9. The van der Waals surface area contributed by atoms with Crippen molar-refractivity contribution >= 4 is 44.0 Å². The fourth-order valence-electron chi connectivity index (χ4n) is 3.59. The summed E-state index contributed by atoms with van der Waals surface area (Å²) >= 11 is 6.10. The van der Waals surface area contributed by atoms with E-state index in [0.717, 1.165) is 30.0 Å². The zero-order valence-corrected chi connectivity index (χ0v) is 17.3. The predicted octanol–water partition coefficient (Wildman–Crippen LogP) is 4.92. The Balaban J connectivity index is 1.68. The lowest BCUT2D eigenvalue weighted by atomic mass is 10.1. The Morgan fingerprint density at radius 1 is 0.897 bits per heavy atom. The molecule has 1 aliphatic rings. The monoisotopic (exact) mass is 428 g/mol. The number of likely N-dealkylation sites (tertiary alicyclic amines) is 1. The summed E-state index contributed by atoms with van der Waals surface area (Å²) in [6, 6.07) is 17.2. The maximum atomic E-state index is 13.0. The minimum atomic E-state index is -3.89. The Kier molecular flexibility index (Phi) is 5.48. The van der Waals surface area contributed by atoms with E-state index in [2.05, 4.69) is 4.72 Å².